The zero-order valence-electron chi connectivity index (χ0n) is 13.1. The molecule has 2 aromatic rings. The molecule has 1 amide bonds. The molecule has 6 heteroatoms. The van der Waals surface area contributed by atoms with Crippen LogP contribution in [0.2, 0.25) is 0 Å². The summed E-state index contributed by atoms with van der Waals surface area (Å²) in [6.07, 6.45) is 3.25. The van der Waals surface area contributed by atoms with E-state index in [9.17, 15) is 9.59 Å². The number of nitrogens with one attached hydrogen (secondary N) is 1. The maximum absolute atomic E-state index is 12.1. The maximum Gasteiger partial charge on any atom is 0.532 e. The lowest BCUT2D eigenvalue weighted by Crippen LogP contribution is -2.39. The number of carbonyl (C=O) groups is 2. The Morgan fingerprint density at radius 1 is 0.958 bits per heavy atom. The van der Waals surface area contributed by atoms with Crippen molar-refractivity contribution >= 4 is 18.7 Å². The smallest absolute Gasteiger partial charge is 0.421 e. The van der Waals surface area contributed by atoms with Gasteiger partial charge in [-0.15, -0.1) is 0 Å². The standard InChI is InChI=1S/C18H18BNO4/c21-17(19(23)24)15-4-1-3-14(11-15)12-7-9-13(10-8-12)18(22)20-16-5-2-6-16/h1,3-4,7-11,16,23-24H,2,5-6H2,(H,20,22). The summed E-state index contributed by atoms with van der Waals surface area (Å²) in [6.45, 7) is 0. The SMILES string of the molecule is O=C(NC1CCC1)c1ccc(-c2cccc(C(=O)B(O)O)c2)cc1. The van der Waals surface area contributed by atoms with Crippen molar-refractivity contribution in [1.29, 1.82) is 0 Å². The number of hydrogen-bond donors (Lipinski definition) is 3. The Morgan fingerprint density at radius 3 is 2.25 bits per heavy atom. The molecular weight excluding hydrogens is 305 g/mol. The average molecular weight is 323 g/mol. The molecule has 1 aliphatic rings. The Morgan fingerprint density at radius 2 is 1.67 bits per heavy atom. The molecule has 0 aliphatic heterocycles. The average Bonchev–Trinajstić information content (AvgIpc) is 2.57. The molecule has 3 N–H and O–H groups in total. The second-order valence-corrected chi connectivity index (χ2v) is 6.00. The van der Waals surface area contributed by atoms with E-state index in [1.165, 1.54) is 12.5 Å². The van der Waals surface area contributed by atoms with Crippen molar-refractivity contribution in [2.75, 3.05) is 0 Å². The third-order valence-corrected chi connectivity index (χ3v) is 4.30. The van der Waals surface area contributed by atoms with Crippen molar-refractivity contribution in [1.82, 2.24) is 5.32 Å². The quantitative estimate of drug-likeness (QED) is 0.733. The molecule has 0 aromatic heterocycles. The van der Waals surface area contributed by atoms with E-state index in [2.05, 4.69) is 5.32 Å². The van der Waals surface area contributed by atoms with Crippen LogP contribution >= 0.6 is 0 Å². The summed E-state index contributed by atoms with van der Waals surface area (Å²) in [7, 11) is -2.02. The lowest BCUT2D eigenvalue weighted by Gasteiger charge is -2.26. The number of benzene rings is 2. The molecule has 0 heterocycles. The summed E-state index contributed by atoms with van der Waals surface area (Å²) >= 11 is 0. The molecule has 0 spiro atoms. The fourth-order valence-electron chi connectivity index (χ4n) is 2.64. The first kappa shape index (κ1) is 16.4. The van der Waals surface area contributed by atoms with Crippen molar-refractivity contribution in [3.8, 4) is 11.1 Å². The molecule has 0 unspecified atom stereocenters. The van der Waals surface area contributed by atoms with E-state index in [1.807, 2.05) is 18.2 Å². The van der Waals surface area contributed by atoms with E-state index in [1.54, 1.807) is 24.3 Å². The van der Waals surface area contributed by atoms with E-state index in [4.69, 9.17) is 10.0 Å². The van der Waals surface area contributed by atoms with Gasteiger partial charge in [0.1, 0.15) is 0 Å². The fraction of sp³-hybridized carbons (Fsp3) is 0.222. The second-order valence-electron chi connectivity index (χ2n) is 6.00. The number of rotatable bonds is 5. The van der Waals surface area contributed by atoms with Crippen LogP contribution in [0.3, 0.4) is 0 Å². The van der Waals surface area contributed by atoms with Crippen LogP contribution in [0.1, 0.15) is 40.0 Å². The Labute approximate surface area is 140 Å². The molecule has 0 saturated heterocycles. The van der Waals surface area contributed by atoms with Crippen molar-refractivity contribution in [3.63, 3.8) is 0 Å². The van der Waals surface area contributed by atoms with Crippen LogP contribution in [0.4, 0.5) is 0 Å². The van der Waals surface area contributed by atoms with E-state index in [0.717, 1.165) is 24.0 Å². The van der Waals surface area contributed by atoms with E-state index in [0.29, 0.717) is 11.6 Å². The minimum absolute atomic E-state index is 0.0708. The molecule has 0 radical (unpaired) electrons. The molecule has 3 rings (SSSR count). The predicted molar refractivity (Wildman–Crippen MR) is 91.5 cm³/mol. The van der Waals surface area contributed by atoms with Crippen LogP contribution in [0.25, 0.3) is 11.1 Å². The van der Waals surface area contributed by atoms with E-state index < -0.39 is 12.8 Å². The van der Waals surface area contributed by atoms with Gasteiger partial charge in [0.25, 0.3) is 5.91 Å². The van der Waals surface area contributed by atoms with Gasteiger partial charge < -0.3 is 15.4 Å². The van der Waals surface area contributed by atoms with Gasteiger partial charge in [-0.3, -0.25) is 9.59 Å². The first-order valence-corrected chi connectivity index (χ1v) is 7.96. The molecule has 1 aliphatic carbocycles. The maximum atomic E-state index is 12.1. The van der Waals surface area contributed by atoms with Gasteiger partial charge in [-0.05, 0) is 48.6 Å². The van der Waals surface area contributed by atoms with Gasteiger partial charge in [-0.25, -0.2) is 0 Å². The summed E-state index contributed by atoms with van der Waals surface area (Å²) in [6, 6.07) is 14.1. The highest BCUT2D eigenvalue weighted by molar-refractivity contribution is 6.81. The van der Waals surface area contributed by atoms with Crippen LogP contribution in [0, 0.1) is 0 Å². The summed E-state index contributed by atoms with van der Waals surface area (Å²) < 4.78 is 0. The fourth-order valence-corrected chi connectivity index (χ4v) is 2.64. The van der Waals surface area contributed by atoms with E-state index in [-0.39, 0.29) is 11.5 Å². The summed E-state index contributed by atoms with van der Waals surface area (Å²) in [5, 5.41) is 21.0. The summed E-state index contributed by atoms with van der Waals surface area (Å²) in [4.78, 5) is 23.8. The molecule has 24 heavy (non-hydrogen) atoms. The van der Waals surface area contributed by atoms with Crippen LogP contribution in [-0.2, 0) is 0 Å². The minimum atomic E-state index is -2.02. The zero-order chi connectivity index (χ0) is 17.1. The molecule has 122 valence electrons. The Hall–Kier alpha value is -2.44. The van der Waals surface area contributed by atoms with Crippen molar-refractivity contribution < 1.29 is 19.6 Å². The Bertz CT molecular complexity index is 754. The van der Waals surface area contributed by atoms with Gasteiger partial charge in [0.2, 0.25) is 0 Å². The highest BCUT2D eigenvalue weighted by atomic mass is 16.4. The second kappa shape index (κ2) is 6.99. The van der Waals surface area contributed by atoms with Gasteiger partial charge in [0, 0.05) is 17.2 Å². The lowest BCUT2D eigenvalue weighted by atomic mass is 9.79. The summed E-state index contributed by atoms with van der Waals surface area (Å²) in [5.74, 6) is -0.0708. The monoisotopic (exact) mass is 323 g/mol. The highest BCUT2D eigenvalue weighted by Gasteiger charge is 2.22. The van der Waals surface area contributed by atoms with Crippen LogP contribution < -0.4 is 5.32 Å². The predicted octanol–water partition coefficient (Wildman–Crippen LogP) is 1.83. The van der Waals surface area contributed by atoms with Gasteiger partial charge in [0.05, 0.1) is 0 Å². The summed E-state index contributed by atoms with van der Waals surface area (Å²) in [5.41, 5.74) is 1.70. The lowest BCUT2D eigenvalue weighted by molar-refractivity contribution is 0.0916. The first-order chi connectivity index (χ1) is 11.5. The molecule has 2 aromatic carbocycles. The minimum Gasteiger partial charge on any atom is -0.421 e. The van der Waals surface area contributed by atoms with Gasteiger partial charge in [0.15, 0.2) is 5.68 Å². The molecular formula is C18H18BNO4. The highest BCUT2D eigenvalue weighted by Crippen LogP contribution is 2.22. The first-order valence-electron chi connectivity index (χ1n) is 7.96. The zero-order valence-corrected chi connectivity index (χ0v) is 13.1. The van der Waals surface area contributed by atoms with Crippen LogP contribution in [0.15, 0.2) is 48.5 Å². The third-order valence-electron chi connectivity index (χ3n) is 4.30. The van der Waals surface area contributed by atoms with Gasteiger partial charge in [-0.2, -0.15) is 0 Å². The molecule has 1 fully saturated rings. The van der Waals surface area contributed by atoms with E-state index >= 15 is 0 Å². The number of hydrogen-bond acceptors (Lipinski definition) is 4. The molecule has 5 nitrogen and oxygen atoms in total. The largest absolute Gasteiger partial charge is 0.532 e. The Kier molecular flexibility index (Phi) is 4.78. The molecule has 0 bridgehead atoms. The third kappa shape index (κ3) is 3.55. The van der Waals surface area contributed by atoms with Gasteiger partial charge >= 0.3 is 7.12 Å². The normalized spacial score (nSPS) is 13.9. The van der Waals surface area contributed by atoms with Gasteiger partial charge in [-0.1, -0.05) is 30.3 Å². The van der Waals surface area contributed by atoms with Crippen molar-refractivity contribution in [2.45, 2.75) is 25.3 Å². The van der Waals surface area contributed by atoms with Crippen molar-refractivity contribution in [3.05, 3.63) is 59.7 Å². The van der Waals surface area contributed by atoms with Crippen molar-refractivity contribution in [2.24, 2.45) is 0 Å². The number of amides is 1. The Balaban J connectivity index is 1.76. The number of carbonyl (C=O) groups excluding carboxylic acids is 2. The van der Waals surface area contributed by atoms with Crippen LogP contribution in [0.5, 0.6) is 0 Å². The molecule has 1 saturated carbocycles. The molecule has 0 atom stereocenters. The van der Waals surface area contributed by atoms with Crippen LogP contribution in [-0.4, -0.2) is 34.8 Å². The topological polar surface area (TPSA) is 86.6 Å².